The number of para-hydroxylation sites is 1. The third kappa shape index (κ3) is 6.12. The molecule has 16 heteroatoms. The average molecular weight is 1020 g/mol. The second-order valence-electron chi connectivity index (χ2n) is 19.9. The number of thiazole rings is 1. The van der Waals surface area contributed by atoms with Crippen LogP contribution in [0, 0.1) is 0 Å². The Bertz CT molecular complexity index is 5230. The first-order valence-electron chi connectivity index (χ1n) is 27.1. The van der Waals surface area contributed by atoms with E-state index in [1.165, 1.54) is 89.0 Å². The van der Waals surface area contributed by atoms with Crippen LogP contribution in [0.3, 0.4) is 0 Å². The molecule has 0 bridgehead atoms. The summed E-state index contributed by atoms with van der Waals surface area (Å²) in [6.45, 7) is 1.27. The number of rotatable bonds is 0. The third-order valence-electron chi connectivity index (χ3n) is 15.5. The van der Waals surface area contributed by atoms with Crippen molar-refractivity contribution in [2.45, 2.75) is 26.2 Å². The number of fused-ring (bicyclic) bond motifs is 28. The topological polar surface area (TPSA) is 99.9 Å². The van der Waals surface area contributed by atoms with E-state index in [4.69, 9.17) is 4.11 Å². The van der Waals surface area contributed by atoms with Crippen molar-refractivity contribution in [2.75, 3.05) is 0 Å². The first-order valence-corrected chi connectivity index (χ1v) is 26.4. The molecule has 0 atom stereocenters. The van der Waals surface area contributed by atoms with Crippen LogP contribution in [0.25, 0.3) is 99.9 Å². The Morgan fingerprint density at radius 2 is 1.22 bits per heavy atom. The fourth-order valence-electron chi connectivity index (χ4n) is 12.2. The summed E-state index contributed by atoms with van der Waals surface area (Å²) in [6, 6.07) is 43.0. The maximum Gasteiger partial charge on any atom is 0.374 e. The molecule has 0 aliphatic carbocycles. The molecule has 15 aromatic heterocycles. The summed E-state index contributed by atoms with van der Waals surface area (Å²) in [6.07, 6.45) is 26.7. The van der Waals surface area contributed by atoms with Crippen LogP contribution >= 0.6 is 11.3 Å². The smallest absolute Gasteiger partial charge is 0.330 e. The highest BCUT2D eigenvalue weighted by molar-refractivity contribution is 7.21. The van der Waals surface area contributed by atoms with Crippen LogP contribution in [0.15, 0.2) is 208 Å². The minimum absolute atomic E-state index is 0.744. The molecule has 0 radical (unpaired) electrons. The van der Waals surface area contributed by atoms with Crippen molar-refractivity contribution in [3.63, 3.8) is 0 Å². The van der Waals surface area contributed by atoms with E-state index in [0.717, 1.165) is 75.2 Å². The van der Waals surface area contributed by atoms with Crippen molar-refractivity contribution in [3.05, 3.63) is 230 Å². The summed E-state index contributed by atoms with van der Waals surface area (Å²) >= 11 is 1.51. The molecule has 15 nitrogen and oxygen atoms in total. The number of aromatic nitrogens is 15. The van der Waals surface area contributed by atoms with Crippen LogP contribution in [-0.4, -0.2) is 51.2 Å². The normalized spacial score (nSPS) is 13.8. The van der Waals surface area contributed by atoms with Crippen LogP contribution in [0.2, 0.25) is 0 Å². The second-order valence-corrected chi connectivity index (χ2v) is 20.8. The largest absolute Gasteiger partial charge is 0.374 e. The zero-order valence-corrected chi connectivity index (χ0v) is 41.9. The van der Waals surface area contributed by atoms with Crippen molar-refractivity contribution >= 4 is 66.2 Å². The molecule has 1 aromatic carbocycles. The van der Waals surface area contributed by atoms with Crippen LogP contribution in [0.4, 0.5) is 0 Å². The Hall–Kier alpha value is -10.1. The van der Waals surface area contributed by atoms with Crippen LogP contribution < -0.4 is 17.9 Å². The highest BCUT2D eigenvalue weighted by Crippen LogP contribution is 2.39. The molecule has 4 aliphatic rings. The maximum atomic E-state index is 7.93. The summed E-state index contributed by atoms with van der Waals surface area (Å²) in [5, 5.41) is 2.02. The zero-order chi connectivity index (χ0) is 53.0. The molecule has 16 aromatic rings. The minimum atomic E-state index is -2.20. The molecule has 77 heavy (non-hydrogen) atoms. The zero-order valence-electron chi connectivity index (χ0n) is 44.1. The first-order chi connectivity index (χ1) is 39.3. The molecule has 0 saturated heterocycles. The van der Waals surface area contributed by atoms with E-state index in [2.05, 4.69) is 199 Å². The Morgan fingerprint density at radius 1 is 0.558 bits per heavy atom. The summed E-state index contributed by atoms with van der Waals surface area (Å²) in [4.78, 5) is 18.9. The van der Waals surface area contributed by atoms with Gasteiger partial charge in [0.15, 0.2) is 46.7 Å². The lowest BCUT2D eigenvalue weighted by atomic mass is 10.2. The summed E-state index contributed by atoms with van der Waals surface area (Å²) in [5.74, 6) is 2.36. The van der Waals surface area contributed by atoms with Gasteiger partial charge in [-0.3, -0.25) is 18.9 Å². The van der Waals surface area contributed by atoms with Gasteiger partial charge in [0.1, 0.15) is 53.8 Å². The molecule has 366 valence electrons. The molecule has 19 heterocycles. The van der Waals surface area contributed by atoms with E-state index in [0.29, 0.717) is 0 Å². The molecule has 0 spiro atoms. The lowest BCUT2D eigenvalue weighted by molar-refractivity contribution is -0.670. The number of imidazole rings is 6. The van der Waals surface area contributed by atoms with Gasteiger partial charge in [0.25, 0.3) is 21.8 Å². The van der Waals surface area contributed by atoms with E-state index < -0.39 is 6.98 Å². The maximum absolute atomic E-state index is 7.93. The van der Waals surface area contributed by atoms with Gasteiger partial charge in [-0.2, -0.15) is 8.97 Å². The fraction of sp³-hybridized carbons (Fsp3) is 0.0820. The van der Waals surface area contributed by atoms with Gasteiger partial charge in [0, 0.05) is 58.8 Å². The van der Waals surface area contributed by atoms with Crippen LogP contribution in [0.1, 0.15) is 26.4 Å². The Labute approximate surface area is 446 Å². The van der Waals surface area contributed by atoms with Crippen molar-refractivity contribution in [2.24, 2.45) is 6.98 Å². The van der Waals surface area contributed by atoms with Crippen molar-refractivity contribution in [3.8, 4) is 45.0 Å². The molecule has 20 rings (SSSR count). The quantitative estimate of drug-likeness (QED) is 0.142. The van der Waals surface area contributed by atoms with E-state index in [1.807, 2.05) is 67.1 Å². The van der Waals surface area contributed by atoms with Crippen molar-refractivity contribution in [1.29, 1.82) is 0 Å². The minimum Gasteiger partial charge on any atom is -0.330 e. The van der Waals surface area contributed by atoms with Gasteiger partial charge in [-0.1, -0.05) is 48.5 Å². The first kappa shape index (κ1) is 39.4. The van der Waals surface area contributed by atoms with Gasteiger partial charge in [0.05, 0.1) is 47.5 Å². The molecule has 0 unspecified atom stereocenters. The van der Waals surface area contributed by atoms with Gasteiger partial charge >= 0.3 is 11.6 Å². The lowest BCUT2D eigenvalue weighted by Gasteiger charge is -1.93. The Kier molecular flexibility index (Phi) is 8.18. The van der Waals surface area contributed by atoms with E-state index in [1.54, 1.807) is 6.20 Å². The number of aryl methyl sites for hydroxylation is 1. The molecule has 0 amide bonds. The number of hydrogen-bond donors (Lipinski definition) is 0. The van der Waals surface area contributed by atoms with E-state index in [-0.39, 0.29) is 0 Å². The fourth-order valence-corrected chi connectivity index (χ4v) is 13.5. The molecule has 0 saturated carbocycles. The van der Waals surface area contributed by atoms with Gasteiger partial charge in [-0.05, 0) is 90.2 Å². The molecular formula is C61H45N15S+4. The summed E-state index contributed by atoms with van der Waals surface area (Å²) in [5.41, 5.74) is 19.5. The Balaban J connectivity index is 0.0000000856. The SMILES string of the molecule is [2H]C([2H])([2H])n1c2ccccc2c2c1sc1[n+]2Cc2cccnc2-1.c1cnc2c(c1)C[n+]1cc3n(cc4ccccn43)c1-2.c1cnc2c(c1)Cn1c-2c[n+]2cc3ccccn3c12.c1cnc2c(c1)Cn1c[n+]3cc4ccccn4c3c1-2. The van der Waals surface area contributed by atoms with Gasteiger partial charge in [0.2, 0.25) is 0 Å². The predicted octanol–water partition coefficient (Wildman–Crippen LogP) is 8.81. The standard InChI is InChI=1S/C16H12N3S.3C15H11N4/c1-18-12-7-3-2-6-11(12)14-16(18)20-15-13-10(9-19(14)15)5-4-8-17-13;1-2-7-19-12(5-1)9-18-10-17-8-11-4-3-6-16-13(11)14(17)15(18)19;1-2-7-18-12(5-1)9-19-13(18)10-17-8-11-4-3-6-16-14(11)15(17)19;1-2-7-18-12(5-1)9-17-10-13-14-11(4-3-6-16-14)8-19(13)15(17)18/h2-8H,9H2,1H3;3*1-7,9-10H,8H2/q4*+1/i1D3;;;. The van der Waals surface area contributed by atoms with Crippen molar-refractivity contribution < 1.29 is 22.0 Å². The third-order valence-corrected chi connectivity index (χ3v) is 16.7. The van der Waals surface area contributed by atoms with Gasteiger partial charge < -0.3 is 4.57 Å². The second kappa shape index (κ2) is 16.0. The summed E-state index contributed by atoms with van der Waals surface area (Å²) < 4.78 is 47.6. The highest BCUT2D eigenvalue weighted by atomic mass is 32.1. The Morgan fingerprint density at radius 3 is 2.04 bits per heavy atom. The molecular weight excluding hydrogens is 975 g/mol. The van der Waals surface area contributed by atoms with Crippen LogP contribution in [-0.2, 0) is 33.2 Å². The number of hydrogen-bond acceptors (Lipinski definition) is 5. The monoisotopic (exact) mass is 1020 g/mol. The average Bonchev–Trinajstić information content (AvgIpc) is 4.41. The molecule has 0 N–H and O–H groups in total. The lowest BCUT2D eigenvalue weighted by Crippen LogP contribution is -2.30. The summed E-state index contributed by atoms with van der Waals surface area (Å²) in [7, 11) is 0. The van der Waals surface area contributed by atoms with Gasteiger partial charge in [-0.15, -0.1) is 0 Å². The number of nitrogens with zero attached hydrogens (tertiary/aromatic N) is 15. The highest BCUT2D eigenvalue weighted by Gasteiger charge is 2.37. The number of pyridine rings is 7. The molecule has 4 aliphatic heterocycles. The van der Waals surface area contributed by atoms with E-state index in [9.17, 15) is 0 Å². The number of benzene rings is 1. The van der Waals surface area contributed by atoms with Gasteiger partial charge in [-0.25, -0.2) is 36.7 Å². The van der Waals surface area contributed by atoms with Crippen molar-refractivity contribution in [1.82, 2.24) is 51.2 Å². The van der Waals surface area contributed by atoms with Crippen LogP contribution in [0.5, 0.6) is 0 Å². The predicted molar refractivity (Wildman–Crippen MR) is 293 cm³/mol. The van der Waals surface area contributed by atoms with E-state index >= 15 is 0 Å². The molecule has 0 fully saturated rings.